The molecule has 1 saturated heterocycles. The second kappa shape index (κ2) is 5.38. The van der Waals surface area contributed by atoms with Crippen molar-refractivity contribution in [2.24, 2.45) is 0 Å². The van der Waals surface area contributed by atoms with E-state index in [0.29, 0.717) is 0 Å². The Morgan fingerprint density at radius 2 is 1.63 bits per heavy atom. The van der Waals surface area contributed by atoms with Crippen molar-refractivity contribution in [3.05, 3.63) is 27.1 Å². The first-order chi connectivity index (χ1) is 8.72. The summed E-state index contributed by atoms with van der Waals surface area (Å²) in [5.41, 5.74) is 0.0997. The van der Waals surface area contributed by atoms with E-state index in [9.17, 15) is 0 Å². The molecule has 1 aromatic rings. The molecular weight excluding hydrogens is 370 g/mol. The molecule has 0 N–H and O–H groups in total. The number of nitrogens with zero attached hydrogens (tertiary/aromatic N) is 1. The minimum atomic E-state index is 0.0499. The average molecular weight is 391 g/mol. The lowest BCUT2D eigenvalue weighted by Crippen LogP contribution is -2.59. The van der Waals surface area contributed by atoms with Crippen molar-refractivity contribution in [1.29, 1.82) is 0 Å². The van der Waals surface area contributed by atoms with Crippen molar-refractivity contribution < 1.29 is 4.84 Å². The topological polar surface area (TPSA) is 12.5 Å². The Kier molecular flexibility index (Phi) is 4.34. The number of halogens is 2. The van der Waals surface area contributed by atoms with E-state index in [1.165, 1.54) is 6.42 Å². The summed E-state index contributed by atoms with van der Waals surface area (Å²) in [5, 5.41) is 2.16. The molecule has 0 aromatic heterocycles. The molecule has 19 heavy (non-hydrogen) atoms. The molecule has 1 heterocycles. The van der Waals surface area contributed by atoms with Gasteiger partial charge in [0.15, 0.2) is 5.75 Å². The molecule has 0 radical (unpaired) electrons. The molecule has 1 aromatic carbocycles. The lowest BCUT2D eigenvalue weighted by molar-refractivity contribution is -0.217. The molecule has 2 nitrogen and oxygen atoms in total. The Hall–Kier alpha value is -0.0600. The predicted molar refractivity (Wildman–Crippen MR) is 86.3 cm³/mol. The van der Waals surface area contributed by atoms with E-state index in [-0.39, 0.29) is 11.1 Å². The Labute approximate surface area is 132 Å². The fourth-order valence-corrected chi connectivity index (χ4v) is 3.99. The lowest BCUT2D eigenvalue weighted by atomic mass is 9.82. The van der Waals surface area contributed by atoms with Crippen LogP contribution in [0.25, 0.3) is 0 Å². The molecule has 1 fully saturated rings. The first-order valence-corrected chi connectivity index (χ1v) is 8.24. The van der Waals surface area contributed by atoms with Crippen LogP contribution >= 0.6 is 31.9 Å². The van der Waals surface area contributed by atoms with E-state index in [0.717, 1.165) is 27.5 Å². The second-order valence-corrected chi connectivity index (χ2v) is 8.21. The zero-order valence-corrected chi connectivity index (χ0v) is 15.1. The zero-order chi connectivity index (χ0) is 14.3. The molecule has 4 heteroatoms. The van der Waals surface area contributed by atoms with Crippen LogP contribution in [0.3, 0.4) is 0 Å². The standard InChI is InChI=1S/C15H21Br2NO/c1-14(2)8-5-9-15(3,4)18(14)19-13-7-6-11(16)10-12(13)17/h6-7,10H,5,8-9H2,1-4H3. The molecule has 106 valence electrons. The van der Waals surface area contributed by atoms with Crippen LogP contribution in [0, 0.1) is 0 Å². The van der Waals surface area contributed by atoms with Crippen LogP contribution in [0.1, 0.15) is 47.0 Å². The third kappa shape index (κ3) is 3.34. The van der Waals surface area contributed by atoms with Gasteiger partial charge in [-0.15, -0.1) is 5.06 Å². The molecule has 0 aliphatic carbocycles. The van der Waals surface area contributed by atoms with Crippen molar-refractivity contribution in [1.82, 2.24) is 5.06 Å². The van der Waals surface area contributed by atoms with Crippen LogP contribution in [0.4, 0.5) is 0 Å². The van der Waals surface area contributed by atoms with E-state index in [1.807, 2.05) is 18.2 Å². The van der Waals surface area contributed by atoms with Crippen molar-refractivity contribution in [2.75, 3.05) is 0 Å². The highest BCUT2D eigenvalue weighted by Crippen LogP contribution is 2.40. The van der Waals surface area contributed by atoms with E-state index >= 15 is 0 Å². The highest BCUT2D eigenvalue weighted by atomic mass is 79.9. The van der Waals surface area contributed by atoms with Gasteiger partial charge in [-0.25, -0.2) is 0 Å². The number of hydrogen-bond acceptors (Lipinski definition) is 2. The molecule has 0 unspecified atom stereocenters. The van der Waals surface area contributed by atoms with Crippen LogP contribution in [0.15, 0.2) is 27.1 Å². The minimum Gasteiger partial charge on any atom is -0.404 e. The van der Waals surface area contributed by atoms with E-state index in [2.05, 4.69) is 64.6 Å². The molecule has 1 aliphatic rings. The molecule has 0 atom stereocenters. The van der Waals surface area contributed by atoms with Gasteiger partial charge in [-0.05, 0) is 81.1 Å². The molecule has 0 bridgehead atoms. The number of piperidine rings is 1. The highest BCUT2D eigenvalue weighted by molar-refractivity contribution is 9.11. The average Bonchev–Trinajstić information content (AvgIpc) is 2.25. The Balaban J connectivity index is 2.28. The van der Waals surface area contributed by atoms with Crippen LogP contribution in [0.2, 0.25) is 0 Å². The van der Waals surface area contributed by atoms with Gasteiger partial charge in [0, 0.05) is 4.47 Å². The largest absolute Gasteiger partial charge is 0.404 e. The van der Waals surface area contributed by atoms with Gasteiger partial charge in [-0.2, -0.15) is 0 Å². The smallest absolute Gasteiger partial charge is 0.161 e. The Bertz CT molecular complexity index is 455. The monoisotopic (exact) mass is 389 g/mol. The van der Waals surface area contributed by atoms with Crippen LogP contribution < -0.4 is 4.84 Å². The number of hydrogen-bond donors (Lipinski definition) is 0. The first-order valence-electron chi connectivity index (χ1n) is 6.66. The predicted octanol–water partition coefficient (Wildman–Crippen LogP) is 5.55. The fraction of sp³-hybridized carbons (Fsp3) is 0.600. The molecule has 0 spiro atoms. The molecule has 1 aliphatic heterocycles. The quantitative estimate of drug-likeness (QED) is 0.656. The van der Waals surface area contributed by atoms with Gasteiger partial charge < -0.3 is 4.84 Å². The highest BCUT2D eigenvalue weighted by Gasteiger charge is 2.43. The third-order valence-corrected chi connectivity index (χ3v) is 4.87. The Morgan fingerprint density at radius 3 is 2.16 bits per heavy atom. The fourth-order valence-electron chi connectivity index (χ4n) is 2.87. The maximum Gasteiger partial charge on any atom is 0.161 e. The van der Waals surface area contributed by atoms with Crippen molar-refractivity contribution in [3.8, 4) is 5.75 Å². The number of hydroxylamine groups is 2. The Morgan fingerprint density at radius 1 is 1.05 bits per heavy atom. The van der Waals surface area contributed by atoms with Gasteiger partial charge in [-0.3, -0.25) is 0 Å². The summed E-state index contributed by atoms with van der Waals surface area (Å²) in [6, 6.07) is 6.01. The molecule has 2 rings (SSSR count). The lowest BCUT2D eigenvalue weighted by Gasteiger charge is -2.50. The van der Waals surface area contributed by atoms with E-state index in [4.69, 9.17) is 4.84 Å². The molecule has 0 amide bonds. The van der Waals surface area contributed by atoms with Gasteiger partial charge >= 0.3 is 0 Å². The second-order valence-electron chi connectivity index (χ2n) is 6.44. The summed E-state index contributed by atoms with van der Waals surface area (Å²) in [6.45, 7) is 9.00. The van der Waals surface area contributed by atoms with Crippen LogP contribution in [-0.4, -0.2) is 16.1 Å². The number of benzene rings is 1. The van der Waals surface area contributed by atoms with Gasteiger partial charge in [0.1, 0.15) is 0 Å². The van der Waals surface area contributed by atoms with Crippen molar-refractivity contribution >= 4 is 31.9 Å². The maximum absolute atomic E-state index is 6.24. The molecule has 0 saturated carbocycles. The summed E-state index contributed by atoms with van der Waals surface area (Å²) in [6.07, 6.45) is 3.57. The zero-order valence-electron chi connectivity index (χ0n) is 12.0. The van der Waals surface area contributed by atoms with E-state index < -0.39 is 0 Å². The number of rotatable bonds is 2. The van der Waals surface area contributed by atoms with E-state index in [1.54, 1.807) is 0 Å². The summed E-state index contributed by atoms with van der Waals surface area (Å²) in [7, 11) is 0. The molecular formula is C15H21Br2NO. The first kappa shape index (κ1) is 15.3. The van der Waals surface area contributed by atoms with Gasteiger partial charge in [-0.1, -0.05) is 15.9 Å². The van der Waals surface area contributed by atoms with Gasteiger partial charge in [0.2, 0.25) is 0 Å². The third-order valence-electron chi connectivity index (χ3n) is 3.76. The van der Waals surface area contributed by atoms with Crippen molar-refractivity contribution in [3.63, 3.8) is 0 Å². The maximum atomic E-state index is 6.24. The van der Waals surface area contributed by atoms with Gasteiger partial charge in [0.25, 0.3) is 0 Å². The summed E-state index contributed by atoms with van der Waals surface area (Å²) in [4.78, 5) is 6.24. The van der Waals surface area contributed by atoms with Gasteiger partial charge in [0.05, 0.1) is 15.6 Å². The van der Waals surface area contributed by atoms with Crippen LogP contribution in [-0.2, 0) is 0 Å². The summed E-state index contributed by atoms with van der Waals surface area (Å²) in [5.74, 6) is 0.867. The summed E-state index contributed by atoms with van der Waals surface area (Å²) >= 11 is 7.03. The van der Waals surface area contributed by atoms with Crippen LogP contribution in [0.5, 0.6) is 5.75 Å². The minimum absolute atomic E-state index is 0.0499. The van der Waals surface area contributed by atoms with Crippen molar-refractivity contribution in [2.45, 2.75) is 58.0 Å². The summed E-state index contributed by atoms with van der Waals surface area (Å²) < 4.78 is 2.02. The normalized spacial score (nSPS) is 22.2. The SMILES string of the molecule is CC1(C)CCCC(C)(C)N1Oc1ccc(Br)cc1Br.